The van der Waals surface area contributed by atoms with Crippen LogP contribution < -0.4 is 14.6 Å². The Bertz CT molecular complexity index is 1670. The van der Waals surface area contributed by atoms with Crippen molar-refractivity contribution in [2.75, 3.05) is 37.8 Å². The standard InChI is InChI=1S/C30H31Cl2N2O7P3/c1-38-43(36,39-2)29(22-12-10-14-24(31)20-22)33-27-18-8-9-19-28(27)34(42(33,35)26-16-6-5-7-17-26)30(44(37,40-3)41-4)23-13-11-15-25(32)21-23/h5-21,29-30H,1-4H3. The lowest BCUT2D eigenvalue weighted by Gasteiger charge is -2.42. The molecule has 1 heterocycles. The molecule has 1 aliphatic heterocycles. The summed E-state index contributed by atoms with van der Waals surface area (Å²) in [7, 11) is -7.37. The number of anilines is 2. The van der Waals surface area contributed by atoms with Crippen LogP contribution in [-0.2, 0) is 31.8 Å². The lowest BCUT2D eigenvalue weighted by Crippen LogP contribution is -2.36. The first kappa shape index (κ1) is 33.0. The number of rotatable bonds is 11. The van der Waals surface area contributed by atoms with Crippen LogP contribution in [0, 0.1) is 0 Å². The van der Waals surface area contributed by atoms with E-state index in [2.05, 4.69) is 0 Å². The topological polar surface area (TPSA) is 94.6 Å². The van der Waals surface area contributed by atoms with Gasteiger partial charge in [-0.3, -0.25) is 23.0 Å². The Morgan fingerprint density at radius 3 is 1.34 bits per heavy atom. The summed E-state index contributed by atoms with van der Waals surface area (Å²) in [6.07, 6.45) is 0. The zero-order valence-electron chi connectivity index (χ0n) is 24.3. The van der Waals surface area contributed by atoms with Crippen molar-refractivity contribution in [3.05, 3.63) is 124 Å². The van der Waals surface area contributed by atoms with Gasteiger partial charge in [-0.05, 0) is 59.7 Å². The van der Waals surface area contributed by atoms with Crippen LogP contribution in [0.5, 0.6) is 0 Å². The molecule has 4 aromatic carbocycles. The van der Waals surface area contributed by atoms with Crippen molar-refractivity contribution in [2.45, 2.75) is 11.6 Å². The Morgan fingerprint density at radius 1 is 0.591 bits per heavy atom. The van der Waals surface area contributed by atoms with E-state index in [0.29, 0.717) is 37.9 Å². The van der Waals surface area contributed by atoms with Gasteiger partial charge in [-0.1, -0.05) is 77.8 Å². The summed E-state index contributed by atoms with van der Waals surface area (Å²) in [5.41, 5.74) is 1.70. The first-order valence-electron chi connectivity index (χ1n) is 13.4. The molecule has 14 heteroatoms. The van der Waals surface area contributed by atoms with Crippen molar-refractivity contribution >= 4 is 62.5 Å². The van der Waals surface area contributed by atoms with E-state index in [4.69, 9.17) is 41.3 Å². The Hall–Kier alpha value is -2.41. The average molecular weight is 695 g/mol. The van der Waals surface area contributed by atoms with E-state index >= 15 is 4.57 Å². The van der Waals surface area contributed by atoms with Gasteiger partial charge in [-0.2, -0.15) is 0 Å². The molecule has 1 aliphatic rings. The summed E-state index contributed by atoms with van der Waals surface area (Å²) in [6.45, 7) is 0. The number of benzene rings is 4. The first-order chi connectivity index (χ1) is 21.1. The van der Waals surface area contributed by atoms with Gasteiger partial charge < -0.3 is 18.1 Å². The Labute approximate surface area is 267 Å². The lowest BCUT2D eigenvalue weighted by atomic mass is 10.2. The summed E-state index contributed by atoms with van der Waals surface area (Å²) < 4.78 is 71.1. The van der Waals surface area contributed by atoms with Gasteiger partial charge in [-0.15, -0.1) is 0 Å². The van der Waals surface area contributed by atoms with E-state index in [1.165, 1.54) is 28.4 Å². The molecular formula is C30H31Cl2N2O7P3. The summed E-state index contributed by atoms with van der Waals surface area (Å²) in [4.78, 5) is 0. The number of fused-ring (bicyclic) bond motifs is 1. The highest BCUT2D eigenvalue weighted by molar-refractivity contribution is 7.76. The molecule has 44 heavy (non-hydrogen) atoms. The highest BCUT2D eigenvalue weighted by Crippen LogP contribution is 2.79. The minimum Gasteiger partial charge on any atom is -0.310 e. The van der Waals surface area contributed by atoms with Crippen molar-refractivity contribution in [3.63, 3.8) is 0 Å². The number of hydrogen-bond acceptors (Lipinski definition) is 7. The zero-order chi connectivity index (χ0) is 31.7. The molecule has 0 radical (unpaired) electrons. The number of para-hydroxylation sites is 2. The maximum Gasteiger partial charge on any atom is 0.357 e. The third-order valence-electron chi connectivity index (χ3n) is 7.43. The fourth-order valence-corrected chi connectivity index (χ4v) is 13.5. The van der Waals surface area contributed by atoms with Gasteiger partial charge >= 0.3 is 15.2 Å². The van der Waals surface area contributed by atoms with Crippen LogP contribution in [0.4, 0.5) is 11.4 Å². The molecule has 232 valence electrons. The van der Waals surface area contributed by atoms with Crippen LogP contribution in [0.1, 0.15) is 22.7 Å². The second-order valence-electron chi connectivity index (χ2n) is 9.72. The highest BCUT2D eigenvalue weighted by atomic mass is 35.5. The summed E-state index contributed by atoms with van der Waals surface area (Å²) >= 11 is 12.9. The van der Waals surface area contributed by atoms with E-state index in [-0.39, 0.29) is 0 Å². The third kappa shape index (κ3) is 5.60. The smallest absolute Gasteiger partial charge is 0.310 e. The Morgan fingerprint density at radius 2 is 0.977 bits per heavy atom. The van der Waals surface area contributed by atoms with Gasteiger partial charge in [0.1, 0.15) is 0 Å². The van der Waals surface area contributed by atoms with E-state index in [9.17, 15) is 9.13 Å². The Balaban J connectivity index is 1.94. The van der Waals surface area contributed by atoms with E-state index < -0.39 is 34.2 Å². The Kier molecular flexibility index (Phi) is 9.84. The van der Waals surface area contributed by atoms with Gasteiger partial charge in [0.25, 0.3) is 7.44 Å². The monoisotopic (exact) mass is 694 g/mol. The van der Waals surface area contributed by atoms with Crippen molar-refractivity contribution < 1.29 is 31.8 Å². The first-order valence-corrected chi connectivity index (χ1v) is 18.9. The second kappa shape index (κ2) is 13.1. The highest BCUT2D eigenvalue weighted by Gasteiger charge is 2.60. The predicted molar refractivity (Wildman–Crippen MR) is 177 cm³/mol. The van der Waals surface area contributed by atoms with Crippen molar-refractivity contribution in [1.29, 1.82) is 0 Å². The molecule has 0 aliphatic carbocycles. The number of nitrogens with zero attached hydrogens (tertiary/aromatic N) is 2. The van der Waals surface area contributed by atoms with Crippen molar-refractivity contribution in [1.82, 2.24) is 0 Å². The van der Waals surface area contributed by atoms with Crippen LogP contribution in [0.15, 0.2) is 103 Å². The van der Waals surface area contributed by atoms with Crippen LogP contribution in [0.3, 0.4) is 0 Å². The number of hydrogen-bond donors (Lipinski definition) is 0. The van der Waals surface area contributed by atoms with Gasteiger partial charge in [0, 0.05) is 38.5 Å². The van der Waals surface area contributed by atoms with Gasteiger partial charge in [-0.25, -0.2) is 0 Å². The second-order valence-corrected chi connectivity index (χ2v) is 17.7. The number of halogens is 2. The maximum atomic E-state index is 16.4. The normalized spacial score (nSPS) is 18.2. The summed E-state index contributed by atoms with van der Waals surface area (Å²) in [6, 6.07) is 29.2. The molecule has 9 nitrogen and oxygen atoms in total. The van der Waals surface area contributed by atoms with Crippen molar-refractivity contribution in [2.24, 2.45) is 0 Å². The van der Waals surface area contributed by atoms with E-state index in [1.807, 2.05) is 0 Å². The van der Waals surface area contributed by atoms with E-state index in [1.54, 1.807) is 112 Å². The molecular weight excluding hydrogens is 664 g/mol. The zero-order valence-corrected chi connectivity index (χ0v) is 28.5. The predicted octanol–water partition coefficient (Wildman–Crippen LogP) is 9.51. The fraction of sp³-hybridized carbons (Fsp3) is 0.200. The SMILES string of the molecule is COP(=O)(OC)C(c1cccc(Cl)c1)N1c2ccccc2N(C(c2cccc(Cl)c2)P(=O)(OC)OC)P1(=O)c1ccccc1. The van der Waals surface area contributed by atoms with Gasteiger partial charge in [0.15, 0.2) is 11.6 Å². The molecule has 5 rings (SSSR count). The third-order valence-corrected chi connectivity index (χ3v) is 15.6. The molecule has 0 N–H and O–H groups in total. The van der Waals surface area contributed by atoms with Crippen LogP contribution in [-0.4, -0.2) is 28.4 Å². The molecule has 4 aromatic rings. The molecule has 0 saturated carbocycles. The molecule has 0 fully saturated rings. The molecule has 0 aromatic heterocycles. The molecule has 2 atom stereocenters. The van der Waals surface area contributed by atoms with Crippen LogP contribution in [0.25, 0.3) is 0 Å². The minimum atomic E-state index is -4.23. The fourth-order valence-electron chi connectivity index (χ4n) is 5.48. The minimum absolute atomic E-state index is 0.354. The van der Waals surface area contributed by atoms with E-state index in [0.717, 1.165) is 0 Å². The maximum absolute atomic E-state index is 16.4. The van der Waals surface area contributed by atoms with Crippen LogP contribution in [0.2, 0.25) is 10.0 Å². The largest absolute Gasteiger partial charge is 0.357 e. The molecule has 0 bridgehead atoms. The van der Waals surface area contributed by atoms with Crippen molar-refractivity contribution in [3.8, 4) is 0 Å². The molecule has 0 saturated heterocycles. The van der Waals surface area contributed by atoms with Crippen LogP contribution >= 0.6 is 45.8 Å². The van der Waals surface area contributed by atoms with Gasteiger partial charge in [0.2, 0.25) is 0 Å². The lowest BCUT2D eigenvalue weighted by molar-refractivity contribution is 0.266. The molecule has 2 unspecified atom stereocenters. The quantitative estimate of drug-likeness (QED) is 0.142. The van der Waals surface area contributed by atoms with Gasteiger partial charge in [0.05, 0.1) is 16.7 Å². The summed E-state index contributed by atoms with van der Waals surface area (Å²) in [5, 5.41) is 1.09. The molecule has 0 spiro atoms. The molecule has 0 amide bonds. The summed E-state index contributed by atoms with van der Waals surface area (Å²) in [5.74, 6) is -2.53. The average Bonchev–Trinajstić information content (AvgIpc) is 3.30.